The molecule has 1 saturated carbocycles. The number of carbonyl (C=O) groups is 1. The van der Waals surface area contributed by atoms with E-state index in [-0.39, 0.29) is 12.1 Å². The Hall–Kier alpha value is -1.39. The molecule has 27 heavy (non-hydrogen) atoms. The molecule has 0 amide bonds. The van der Waals surface area contributed by atoms with Crippen LogP contribution in [0, 0.1) is 5.92 Å². The summed E-state index contributed by atoms with van der Waals surface area (Å²) in [6.45, 7) is 3.99. The Bertz CT molecular complexity index is 646. The van der Waals surface area contributed by atoms with E-state index in [1.807, 2.05) is 0 Å². The first-order valence-electron chi connectivity index (χ1n) is 10.9. The monoisotopic (exact) mass is 370 g/mol. The fraction of sp³-hybridized carbons (Fsp3) is 0.696. The van der Waals surface area contributed by atoms with Gasteiger partial charge in [-0.3, -0.25) is 9.69 Å². The van der Waals surface area contributed by atoms with Crippen molar-refractivity contribution in [3.8, 4) is 0 Å². The van der Waals surface area contributed by atoms with Gasteiger partial charge < -0.3 is 10.5 Å². The first kappa shape index (κ1) is 18.9. The van der Waals surface area contributed by atoms with Crippen molar-refractivity contribution in [1.82, 2.24) is 4.90 Å². The number of esters is 1. The molecule has 1 aliphatic carbocycles. The quantitative estimate of drug-likeness (QED) is 0.780. The average molecular weight is 371 g/mol. The molecule has 148 valence electrons. The number of benzene rings is 1. The molecule has 1 atom stereocenters. The summed E-state index contributed by atoms with van der Waals surface area (Å²) >= 11 is 0. The van der Waals surface area contributed by atoms with Crippen LogP contribution in [0.15, 0.2) is 24.3 Å². The molecular formula is C23H34N2O2. The molecule has 4 nitrogen and oxygen atoms in total. The number of piperidine rings is 3. The van der Waals surface area contributed by atoms with Gasteiger partial charge in [0.2, 0.25) is 0 Å². The Morgan fingerprint density at radius 3 is 2.63 bits per heavy atom. The molecule has 4 fully saturated rings. The number of hydrogen-bond acceptors (Lipinski definition) is 4. The minimum Gasteiger partial charge on any atom is -0.460 e. The van der Waals surface area contributed by atoms with Crippen molar-refractivity contribution < 1.29 is 9.53 Å². The lowest BCUT2D eigenvalue weighted by molar-refractivity contribution is -0.167. The van der Waals surface area contributed by atoms with Crippen LogP contribution >= 0.6 is 0 Å². The molecule has 1 aromatic carbocycles. The number of ether oxygens (including phenoxy) is 1. The van der Waals surface area contributed by atoms with Crippen molar-refractivity contribution in [2.75, 3.05) is 26.2 Å². The zero-order valence-corrected chi connectivity index (χ0v) is 16.5. The molecule has 4 aliphatic rings. The summed E-state index contributed by atoms with van der Waals surface area (Å²) in [4.78, 5) is 16.0. The van der Waals surface area contributed by atoms with Gasteiger partial charge in [-0.2, -0.15) is 0 Å². The van der Waals surface area contributed by atoms with Gasteiger partial charge in [-0.15, -0.1) is 0 Å². The Morgan fingerprint density at radius 1 is 1.19 bits per heavy atom. The third-order valence-corrected chi connectivity index (χ3v) is 7.10. The molecule has 0 radical (unpaired) electrons. The van der Waals surface area contributed by atoms with Crippen LogP contribution in [0.25, 0.3) is 0 Å². The van der Waals surface area contributed by atoms with Crippen molar-refractivity contribution in [2.45, 2.75) is 69.3 Å². The van der Waals surface area contributed by atoms with Gasteiger partial charge in [-0.05, 0) is 75.2 Å². The van der Waals surface area contributed by atoms with Gasteiger partial charge in [0.25, 0.3) is 0 Å². The molecular weight excluding hydrogens is 336 g/mol. The van der Waals surface area contributed by atoms with Crippen LogP contribution in [0.2, 0.25) is 0 Å². The molecule has 3 aliphatic heterocycles. The highest BCUT2D eigenvalue weighted by Gasteiger charge is 2.45. The highest BCUT2D eigenvalue weighted by Crippen LogP contribution is 2.42. The summed E-state index contributed by atoms with van der Waals surface area (Å²) in [6.07, 6.45) is 9.72. The fourth-order valence-electron chi connectivity index (χ4n) is 5.39. The number of nitrogens with zero attached hydrogens (tertiary/aromatic N) is 1. The minimum absolute atomic E-state index is 0.0388. The van der Waals surface area contributed by atoms with Gasteiger partial charge in [0.15, 0.2) is 0 Å². The van der Waals surface area contributed by atoms with Gasteiger partial charge in [-0.1, -0.05) is 43.5 Å². The van der Waals surface area contributed by atoms with Crippen molar-refractivity contribution >= 4 is 5.97 Å². The summed E-state index contributed by atoms with van der Waals surface area (Å²) in [5.41, 5.74) is 7.71. The minimum atomic E-state index is -0.441. The highest BCUT2D eigenvalue weighted by molar-refractivity contribution is 5.83. The van der Waals surface area contributed by atoms with Gasteiger partial charge >= 0.3 is 5.97 Å². The lowest BCUT2D eigenvalue weighted by Gasteiger charge is -2.45. The first-order chi connectivity index (χ1) is 13.2. The second kappa shape index (κ2) is 8.32. The van der Waals surface area contributed by atoms with E-state index in [9.17, 15) is 4.79 Å². The summed E-state index contributed by atoms with van der Waals surface area (Å²) < 4.78 is 6.24. The summed E-state index contributed by atoms with van der Waals surface area (Å²) in [6, 6.07) is 8.67. The Balaban J connectivity index is 1.55. The summed E-state index contributed by atoms with van der Waals surface area (Å²) in [5.74, 6) is 0.604. The molecule has 1 unspecified atom stereocenters. The maximum Gasteiger partial charge on any atom is 0.316 e. The van der Waals surface area contributed by atoms with Crippen LogP contribution in [0.1, 0.15) is 62.5 Å². The van der Waals surface area contributed by atoms with Crippen LogP contribution in [0.4, 0.5) is 0 Å². The predicted octanol–water partition coefficient (Wildman–Crippen LogP) is 3.42. The van der Waals surface area contributed by atoms with E-state index in [0.29, 0.717) is 12.5 Å². The normalized spacial score (nSPS) is 29.4. The number of carbonyl (C=O) groups excluding carboxylic acids is 1. The van der Waals surface area contributed by atoms with Crippen molar-refractivity contribution in [3.05, 3.63) is 35.4 Å². The van der Waals surface area contributed by atoms with E-state index in [0.717, 1.165) is 45.1 Å². The molecule has 3 heterocycles. The van der Waals surface area contributed by atoms with E-state index < -0.39 is 5.41 Å². The number of aryl methyl sites for hydroxylation is 1. The van der Waals surface area contributed by atoms with Gasteiger partial charge in [0, 0.05) is 6.54 Å². The average Bonchev–Trinajstić information content (AvgIpc) is 2.74. The molecule has 0 spiro atoms. The van der Waals surface area contributed by atoms with Crippen LogP contribution < -0.4 is 5.73 Å². The standard InChI is InChI=1S/C23H34N2O2/c24-13-5-7-18-6-4-8-20(16-18)23(11-2-1-3-12-23)22(26)27-21-17-25-14-9-19(21)10-15-25/h4,6,8,16,19,21H,1-3,5,7,9-15,17,24H2. The lowest BCUT2D eigenvalue weighted by atomic mass is 9.69. The maximum absolute atomic E-state index is 13.5. The second-order valence-electron chi connectivity index (χ2n) is 8.82. The van der Waals surface area contributed by atoms with E-state index in [1.165, 1.54) is 43.5 Å². The summed E-state index contributed by atoms with van der Waals surface area (Å²) in [5, 5.41) is 0. The lowest BCUT2D eigenvalue weighted by Crippen LogP contribution is -2.53. The number of hydrogen-bond donors (Lipinski definition) is 1. The topological polar surface area (TPSA) is 55.6 Å². The van der Waals surface area contributed by atoms with Crippen LogP contribution in [0.3, 0.4) is 0 Å². The van der Waals surface area contributed by atoms with Gasteiger partial charge in [-0.25, -0.2) is 0 Å². The predicted molar refractivity (Wildman–Crippen MR) is 108 cm³/mol. The van der Waals surface area contributed by atoms with Crippen LogP contribution in [-0.4, -0.2) is 43.2 Å². The van der Waals surface area contributed by atoms with Crippen molar-refractivity contribution in [1.29, 1.82) is 0 Å². The largest absolute Gasteiger partial charge is 0.460 e. The number of rotatable bonds is 6. The molecule has 5 rings (SSSR count). The van der Waals surface area contributed by atoms with Crippen LogP contribution in [0.5, 0.6) is 0 Å². The SMILES string of the molecule is NCCCc1cccc(C2(C(=O)OC3CN4CCC3CC4)CCCCC2)c1. The van der Waals surface area contributed by atoms with E-state index in [1.54, 1.807) is 0 Å². The maximum atomic E-state index is 13.5. The smallest absolute Gasteiger partial charge is 0.316 e. The third kappa shape index (κ3) is 3.93. The van der Waals surface area contributed by atoms with E-state index >= 15 is 0 Å². The van der Waals surface area contributed by atoms with Gasteiger partial charge in [0.1, 0.15) is 6.10 Å². The molecule has 0 aromatic heterocycles. The second-order valence-corrected chi connectivity index (χ2v) is 8.82. The molecule has 2 bridgehead atoms. The Kier molecular flexibility index (Phi) is 5.84. The molecule has 4 heteroatoms. The third-order valence-electron chi connectivity index (χ3n) is 7.10. The first-order valence-corrected chi connectivity index (χ1v) is 10.9. The highest BCUT2D eigenvalue weighted by atomic mass is 16.5. The Labute approximate surface area is 163 Å². The van der Waals surface area contributed by atoms with Crippen molar-refractivity contribution in [2.24, 2.45) is 11.7 Å². The number of fused-ring (bicyclic) bond motifs is 3. The van der Waals surface area contributed by atoms with E-state index in [4.69, 9.17) is 10.5 Å². The molecule has 3 saturated heterocycles. The zero-order chi connectivity index (χ0) is 18.7. The zero-order valence-electron chi connectivity index (χ0n) is 16.5. The number of nitrogens with two attached hydrogens (primary N) is 1. The molecule has 1 aromatic rings. The van der Waals surface area contributed by atoms with Gasteiger partial charge in [0.05, 0.1) is 5.41 Å². The molecule has 2 N–H and O–H groups in total. The summed E-state index contributed by atoms with van der Waals surface area (Å²) in [7, 11) is 0. The van der Waals surface area contributed by atoms with Crippen LogP contribution in [-0.2, 0) is 21.4 Å². The van der Waals surface area contributed by atoms with E-state index in [2.05, 4.69) is 29.2 Å². The fourth-order valence-corrected chi connectivity index (χ4v) is 5.39. The Morgan fingerprint density at radius 2 is 1.96 bits per heavy atom. The van der Waals surface area contributed by atoms with Crippen molar-refractivity contribution in [3.63, 3.8) is 0 Å².